The van der Waals surface area contributed by atoms with Gasteiger partial charge in [0, 0.05) is 22.5 Å². The van der Waals surface area contributed by atoms with Crippen molar-refractivity contribution in [2.75, 3.05) is 5.32 Å². The molecule has 3 N–H and O–H groups in total. The Hall–Kier alpha value is -2.51. The SMILES string of the molecule is CC1=C(C(=O)Nc2ccc(F)c(F)c2)[C@H](c2cccc(Cl)c2)NC(=S)N1. The Bertz CT molecular complexity index is 932. The van der Waals surface area contributed by atoms with Gasteiger partial charge in [-0.2, -0.15) is 0 Å². The Balaban J connectivity index is 1.95. The van der Waals surface area contributed by atoms with E-state index < -0.39 is 23.6 Å². The average molecular weight is 394 g/mol. The van der Waals surface area contributed by atoms with Gasteiger partial charge >= 0.3 is 0 Å². The van der Waals surface area contributed by atoms with Gasteiger partial charge in [0.2, 0.25) is 0 Å². The number of allylic oxidation sites excluding steroid dienone is 1. The molecule has 0 aliphatic carbocycles. The van der Waals surface area contributed by atoms with Crippen molar-refractivity contribution < 1.29 is 13.6 Å². The van der Waals surface area contributed by atoms with Gasteiger partial charge < -0.3 is 16.0 Å². The molecule has 0 bridgehead atoms. The second kappa shape index (κ2) is 7.39. The summed E-state index contributed by atoms with van der Waals surface area (Å²) in [6.07, 6.45) is 0. The zero-order chi connectivity index (χ0) is 18.8. The van der Waals surface area contributed by atoms with E-state index in [-0.39, 0.29) is 5.69 Å². The van der Waals surface area contributed by atoms with E-state index in [1.54, 1.807) is 25.1 Å². The quantitative estimate of drug-likeness (QED) is 0.689. The monoisotopic (exact) mass is 393 g/mol. The molecule has 1 heterocycles. The topological polar surface area (TPSA) is 53.2 Å². The van der Waals surface area contributed by atoms with Crippen LogP contribution in [0.3, 0.4) is 0 Å². The smallest absolute Gasteiger partial charge is 0.255 e. The molecule has 1 atom stereocenters. The summed E-state index contributed by atoms with van der Waals surface area (Å²) >= 11 is 11.2. The molecule has 4 nitrogen and oxygen atoms in total. The van der Waals surface area contributed by atoms with Crippen LogP contribution in [0, 0.1) is 11.6 Å². The van der Waals surface area contributed by atoms with E-state index in [0.717, 1.165) is 17.7 Å². The molecule has 1 aliphatic rings. The van der Waals surface area contributed by atoms with Gasteiger partial charge in [0.25, 0.3) is 5.91 Å². The van der Waals surface area contributed by atoms with E-state index in [0.29, 0.717) is 21.4 Å². The highest BCUT2D eigenvalue weighted by molar-refractivity contribution is 7.80. The van der Waals surface area contributed by atoms with Crippen LogP contribution < -0.4 is 16.0 Å². The maximum atomic E-state index is 13.4. The molecule has 0 saturated carbocycles. The summed E-state index contributed by atoms with van der Waals surface area (Å²) in [4.78, 5) is 12.8. The molecular formula is C18H14ClF2N3OS. The Kier molecular flexibility index (Phi) is 5.20. The zero-order valence-electron chi connectivity index (χ0n) is 13.6. The van der Waals surface area contributed by atoms with Gasteiger partial charge in [-0.3, -0.25) is 4.79 Å². The van der Waals surface area contributed by atoms with Crippen molar-refractivity contribution >= 4 is 40.5 Å². The maximum absolute atomic E-state index is 13.4. The highest BCUT2D eigenvalue weighted by Crippen LogP contribution is 2.29. The summed E-state index contributed by atoms with van der Waals surface area (Å²) in [5.74, 6) is -2.50. The molecule has 0 aromatic heterocycles. The Morgan fingerprint density at radius 3 is 2.65 bits per heavy atom. The lowest BCUT2D eigenvalue weighted by atomic mass is 9.95. The maximum Gasteiger partial charge on any atom is 0.255 e. The van der Waals surface area contributed by atoms with Gasteiger partial charge in [0.15, 0.2) is 16.7 Å². The van der Waals surface area contributed by atoms with E-state index in [2.05, 4.69) is 16.0 Å². The van der Waals surface area contributed by atoms with Crippen molar-refractivity contribution in [2.24, 2.45) is 0 Å². The third-order valence-electron chi connectivity index (χ3n) is 3.87. The molecule has 1 amide bonds. The third kappa shape index (κ3) is 3.84. The number of carbonyl (C=O) groups excluding carboxylic acids is 1. The number of nitrogens with one attached hydrogen (secondary N) is 3. The fraction of sp³-hybridized carbons (Fsp3) is 0.111. The molecular weight excluding hydrogens is 380 g/mol. The first-order valence-electron chi connectivity index (χ1n) is 7.65. The fourth-order valence-electron chi connectivity index (χ4n) is 2.70. The van der Waals surface area contributed by atoms with Gasteiger partial charge in [0.1, 0.15) is 0 Å². The minimum atomic E-state index is -1.04. The predicted octanol–water partition coefficient (Wildman–Crippen LogP) is 4.05. The van der Waals surface area contributed by atoms with Gasteiger partial charge in [0.05, 0.1) is 11.6 Å². The highest BCUT2D eigenvalue weighted by atomic mass is 35.5. The Morgan fingerprint density at radius 2 is 1.96 bits per heavy atom. The first-order valence-corrected chi connectivity index (χ1v) is 8.44. The largest absolute Gasteiger partial charge is 0.351 e. The third-order valence-corrected chi connectivity index (χ3v) is 4.33. The molecule has 1 aliphatic heterocycles. The van der Waals surface area contributed by atoms with Crippen molar-refractivity contribution in [3.63, 3.8) is 0 Å². The van der Waals surface area contributed by atoms with Crippen molar-refractivity contribution in [2.45, 2.75) is 13.0 Å². The molecule has 26 heavy (non-hydrogen) atoms. The number of halogens is 3. The van der Waals surface area contributed by atoms with Crippen LogP contribution in [-0.2, 0) is 4.79 Å². The number of hydrogen-bond donors (Lipinski definition) is 3. The number of carbonyl (C=O) groups is 1. The van der Waals surface area contributed by atoms with E-state index in [4.69, 9.17) is 23.8 Å². The van der Waals surface area contributed by atoms with E-state index >= 15 is 0 Å². The number of benzene rings is 2. The summed E-state index contributed by atoms with van der Waals surface area (Å²) in [5.41, 5.74) is 1.81. The number of hydrogen-bond acceptors (Lipinski definition) is 2. The minimum absolute atomic E-state index is 0.146. The second-order valence-corrected chi connectivity index (χ2v) is 6.55. The van der Waals surface area contributed by atoms with Crippen LogP contribution >= 0.6 is 23.8 Å². The van der Waals surface area contributed by atoms with Crippen LogP contribution in [0.2, 0.25) is 5.02 Å². The van der Waals surface area contributed by atoms with Gasteiger partial charge in [-0.15, -0.1) is 0 Å². The fourth-order valence-corrected chi connectivity index (χ4v) is 3.17. The molecule has 0 unspecified atom stereocenters. The number of anilines is 1. The van der Waals surface area contributed by atoms with Crippen LogP contribution in [0.5, 0.6) is 0 Å². The molecule has 0 spiro atoms. The lowest BCUT2D eigenvalue weighted by Crippen LogP contribution is -2.45. The summed E-state index contributed by atoms with van der Waals surface area (Å²) in [6.45, 7) is 1.71. The number of thiocarbonyl (C=S) groups is 1. The van der Waals surface area contributed by atoms with Crippen LogP contribution in [0.15, 0.2) is 53.7 Å². The van der Waals surface area contributed by atoms with Gasteiger partial charge in [-0.25, -0.2) is 8.78 Å². The molecule has 0 saturated heterocycles. The van der Waals surface area contributed by atoms with Crippen molar-refractivity contribution in [3.05, 3.63) is 76.0 Å². The summed E-state index contributed by atoms with van der Waals surface area (Å²) in [6, 6.07) is 9.66. The highest BCUT2D eigenvalue weighted by Gasteiger charge is 2.30. The number of rotatable bonds is 3. The lowest BCUT2D eigenvalue weighted by molar-refractivity contribution is -0.113. The van der Waals surface area contributed by atoms with Gasteiger partial charge in [-0.1, -0.05) is 23.7 Å². The Morgan fingerprint density at radius 1 is 1.19 bits per heavy atom. The summed E-state index contributed by atoms with van der Waals surface area (Å²) in [5, 5.41) is 9.41. The number of amides is 1. The normalized spacial score (nSPS) is 16.8. The first-order chi connectivity index (χ1) is 12.3. The van der Waals surface area contributed by atoms with Crippen molar-refractivity contribution in [1.29, 1.82) is 0 Å². The van der Waals surface area contributed by atoms with E-state index in [1.807, 2.05) is 6.07 Å². The molecule has 134 valence electrons. The van der Waals surface area contributed by atoms with E-state index in [1.165, 1.54) is 6.07 Å². The summed E-state index contributed by atoms with van der Waals surface area (Å²) in [7, 11) is 0. The van der Waals surface area contributed by atoms with Crippen LogP contribution in [0.25, 0.3) is 0 Å². The molecule has 0 radical (unpaired) electrons. The Labute approximate surface area is 159 Å². The molecule has 0 fully saturated rings. The minimum Gasteiger partial charge on any atom is -0.351 e. The molecule has 3 rings (SSSR count). The summed E-state index contributed by atoms with van der Waals surface area (Å²) < 4.78 is 26.5. The lowest BCUT2D eigenvalue weighted by Gasteiger charge is -2.30. The zero-order valence-corrected chi connectivity index (χ0v) is 15.1. The predicted molar refractivity (Wildman–Crippen MR) is 101 cm³/mol. The van der Waals surface area contributed by atoms with Crippen LogP contribution in [0.1, 0.15) is 18.5 Å². The standard InChI is InChI=1S/C18H14ClF2N3OS/c1-9-15(17(25)23-12-5-6-13(20)14(21)8-12)16(24-18(26)22-9)10-3-2-4-11(19)7-10/h2-8,16H,1H3,(H,23,25)(H2,22,24,26)/t16-/m0/s1. The molecule has 8 heteroatoms. The molecule has 2 aromatic carbocycles. The second-order valence-electron chi connectivity index (χ2n) is 5.71. The van der Waals surface area contributed by atoms with Crippen LogP contribution in [0.4, 0.5) is 14.5 Å². The van der Waals surface area contributed by atoms with Crippen molar-refractivity contribution in [3.8, 4) is 0 Å². The van der Waals surface area contributed by atoms with Crippen LogP contribution in [-0.4, -0.2) is 11.0 Å². The average Bonchev–Trinajstić information content (AvgIpc) is 2.57. The van der Waals surface area contributed by atoms with Gasteiger partial charge in [-0.05, 0) is 49.0 Å². The first kappa shape index (κ1) is 18.3. The molecule has 2 aromatic rings. The van der Waals surface area contributed by atoms with E-state index in [9.17, 15) is 13.6 Å². The van der Waals surface area contributed by atoms with Crippen molar-refractivity contribution in [1.82, 2.24) is 10.6 Å².